The number of hydrogen-bond donors (Lipinski definition) is 0. The fourth-order valence-corrected chi connectivity index (χ4v) is 2.26. The average Bonchev–Trinajstić information content (AvgIpc) is 2.37. The molecule has 96 valence electrons. The first-order chi connectivity index (χ1) is 8.62. The van der Waals surface area contributed by atoms with E-state index in [9.17, 15) is 10.1 Å². The van der Waals surface area contributed by atoms with Crippen molar-refractivity contribution in [3.63, 3.8) is 0 Å². The summed E-state index contributed by atoms with van der Waals surface area (Å²) in [5.74, 6) is -0.345. The zero-order chi connectivity index (χ0) is 13.5. The largest absolute Gasteiger partial charge is 0.343 e. The first-order valence-electron chi connectivity index (χ1n) is 6.05. The summed E-state index contributed by atoms with van der Waals surface area (Å²) in [5, 5.41) is 9.21. The second-order valence-corrected chi connectivity index (χ2v) is 4.92. The molecule has 0 aliphatic rings. The number of benzene rings is 1. The van der Waals surface area contributed by atoms with Crippen LogP contribution in [0.4, 0.5) is 0 Å². The van der Waals surface area contributed by atoms with E-state index in [1.54, 1.807) is 4.90 Å². The Hall–Kier alpha value is -1.34. The van der Waals surface area contributed by atoms with Crippen LogP contribution >= 0.6 is 15.9 Å². The summed E-state index contributed by atoms with van der Waals surface area (Å²) in [5.41, 5.74) is 0.882. The van der Waals surface area contributed by atoms with Gasteiger partial charge in [-0.15, -0.1) is 0 Å². The minimum Gasteiger partial charge on any atom is -0.343 e. The monoisotopic (exact) mass is 308 g/mol. The molecule has 0 N–H and O–H groups in total. The lowest BCUT2D eigenvalue weighted by molar-refractivity contribution is -0.130. The Kier molecular flexibility index (Phi) is 5.87. The van der Waals surface area contributed by atoms with Crippen molar-refractivity contribution in [2.45, 2.75) is 26.2 Å². The van der Waals surface area contributed by atoms with Crippen molar-refractivity contribution in [2.75, 3.05) is 13.1 Å². The number of carbonyl (C=O) groups is 1. The van der Waals surface area contributed by atoms with Gasteiger partial charge in [0.1, 0.15) is 0 Å². The number of amides is 1. The molecule has 18 heavy (non-hydrogen) atoms. The maximum Gasteiger partial charge on any atom is 0.224 e. The molecule has 0 saturated heterocycles. The summed E-state index contributed by atoms with van der Waals surface area (Å²) in [7, 11) is 0. The lowest BCUT2D eigenvalue weighted by atomic mass is 9.96. The Bertz CT molecular complexity index is 449. The molecule has 1 unspecified atom stereocenters. The van der Waals surface area contributed by atoms with Gasteiger partial charge in [-0.25, -0.2) is 0 Å². The normalized spacial score (nSPS) is 11.7. The number of rotatable bonds is 5. The van der Waals surface area contributed by atoms with E-state index in [-0.39, 0.29) is 18.2 Å². The molecule has 0 aliphatic carbocycles. The van der Waals surface area contributed by atoms with Gasteiger partial charge in [0, 0.05) is 24.0 Å². The molecule has 0 aliphatic heterocycles. The Morgan fingerprint density at radius 3 is 2.61 bits per heavy atom. The van der Waals surface area contributed by atoms with Gasteiger partial charge in [0.2, 0.25) is 5.91 Å². The number of carbonyl (C=O) groups excluding carboxylic acids is 1. The molecule has 0 heterocycles. The average molecular weight is 309 g/mol. The molecule has 0 radical (unpaired) electrons. The smallest absolute Gasteiger partial charge is 0.224 e. The Labute approximate surface area is 117 Å². The highest BCUT2D eigenvalue weighted by molar-refractivity contribution is 9.10. The fraction of sp³-hybridized carbons (Fsp3) is 0.429. The van der Waals surface area contributed by atoms with Gasteiger partial charge in [-0.1, -0.05) is 28.1 Å². The molecule has 1 amide bonds. The van der Waals surface area contributed by atoms with Gasteiger partial charge in [0.15, 0.2) is 0 Å². The third-order valence-corrected chi connectivity index (χ3v) is 3.40. The molecule has 0 saturated carbocycles. The predicted octanol–water partition coefficient (Wildman–Crippen LogP) is 3.31. The summed E-state index contributed by atoms with van der Waals surface area (Å²) in [6.07, 6.45) is 0.245. The standard InChI is InChI=1S/C14H17BrN2O/c1-3-17(4-2)14(18)9-12(10-16)11-6-5-7-13(15)8-11/h5-8,12H,3-4,9H2,1-2H3. The molecule has 1 aromatic rings. The minimum absolute atomic E-state index is 0.0338. The van der Waals surface area contributed by atoms with Crippen LogP contribution < -0.4 is 0 Å². The third kappa shape index (κ3) is 3.85. The second-order valence-electron chi connectivity index (χ2n) is 4.01. The van der Waals surface area contributed by atoms with E-state index in [0.717, 1.165) is 10.0 Å². The fourth-order valence-electron chi connectivity index (χ4n) is 1.84. The van der Waals surface area contributed by atoms with E-state index in [2.05, 4.69) is 22.0 Å². The predicted molar refractivity (Wildman–Crippen MR) is 75.0 cm³/mol. The van der Waals surface area contributed by atoms with Crippen LogP contribution in [0, 0.1) is 11.3 Å². The van der Waals surface area contributed by atoms with E-state index in [1.165, 1.54) is 0 Å². The van der Waals surface area contributed by atoms with Crippen LogP contribution in [0.5, 0.6) is 0 Å². The van der Waals surface area contributed by atoms with Crippen LogP contribution in [0.15, 0.2) is 28.7 Å². The lowest BCUT2D eigenvalue weighted by Crippen LogP contribution is -2.31. The third-order valence-electron chi connectivity index (χ3n) is 2.90. The quantitative estimate of drug-likeness (QED) is 0.837. The number of hydrogen-bond acceptors (Lipinski definition) is 2. The maximum atomic E-state index is 12.0. The second kappa shape index (κ2) is 7.17. The van der Waals surface area contributed by atoms with Crippen LogP contribution in [-0.2, 0) is 4.79 Å². The zero-order valence-electron chi connectivity index (χ0n) is 10.7. The Balaban J connectivity index is 2.80. The van der Waals surface area contributed by atoms with Gasteiger partial charge in [0.05, 0.1) is 12.0 Å². The SMILES string of the molecule is CCN(CC)C(=O)CC(C#N)c1cccc(Br)c1. The van der Waals surface area contributed by atoms with E-state index < -0.39 is 0 Å². The van der Waals surface area contributed by atoms with Gasteiger partial charge < -0.3 is 4.90 Å². The number of nitriles is 1. The Morgan fingerprint density at radius 2 is 2.11 bits per heavy atom. The molecule has 0 spiro atoms. The highest BCUT2D eigenvalue weighted by atomic mass is 79.9. The number of halogens is 1. The van der Waals surface area contributed by atoms with Crippen molar-refractivity contribution < 1.29 is 4.79 Å². The van der Waals surface area contributed by atoms with E-state index >= 15 is 0 Å². The minimum atomic E-state index is -0.379. The molecule has 4 heteroatoms. The van der Waals surface area contributed by atoms with Gasteiger partial charge in [0.25, 0.3) is 0 Å². The van der Waals surface area contributed by atoms with Gasteiger partial charge in [-0.05, 0) is 31.5 Å². The molecule has 0 bridgehead atoms. The van der Waals surface area contributed by atoms with Crippen LogP contribution in [-0.4, -0.2) is 23.9 Å². The topological polar surface area (TPSA) is 44.1 Å². The van der Waals surface area contributed by atoms with Crippen LogP contribution in [0.3, 0.4) is 0 Å². The molecule has 3 nitrogen and oxygen atoms in total. The summed E-state index contributed by atoms with van der Waals surface area (Å²) in [4.78, 5) is 13.7. The van der Waals surface area contributed by atoms with Crippen LogP contribution in [0.1, 0.15) is 31.7 Å². The van der Waals surface area contributed by atoms with Gasteiger partial charge in [-0.2, -0.15) is 5.26 Å². The van der Waals surface area contributed by atoms with Crippen molar-refractivity contribution in [1.82, 2.24) is 4.90 Å². The summed E-state index contributed by atoms with van der Waals surface area (Å²) >= 11 is 3.38. The van der Waals surface area contributed by atoms with Crippen molar-refractivity contribution in [1.29, 1.82) is 5.26 Å². The molecular weight excluding hydrogens is 292 g/mol. The summed E-state index contributed by atoms with van der Waals surface area (Å²) in [6.45, 7) is 5.27. The van der Waals surface area contributed by atoms with E-state index in [0.29, 0.717) is 13.1 Å². The lowest BCUT2D eigenvalue weighted by Gasteiger charge is -2.20. The van der Waals surface area contributed by atoms with Gasteiger partial charge >= 0.3 is 0 Å². The molecule has 1 aromatic carbocycles. The zero-order valence-corrected chi connectivity index (χ0v) is 12.3. The van der Waals surface area contributed by atoms with Crippen molar-refractivity contribution in [3.8, 4) is 6.07 Å². The highest BCUT2D eigenvalue weighted by Crippen LogP contribution is 2.23. The Morgan fingerprint density at radius 1 is 1.44 bits per heavy atom. The van der Waals surface area contributed by atoms with E-state index in [4.69, 9.17) is 0 Å². The first-order valence-corrected chi connectivity index (χ1v) is 6.84. The summed E-state index contributed by atoms with van der Waals surface area (Å²) in [6, 6.07) is 9.77. The molecule has 0 aromatic heterocycles. The molecule has 1 atom stereocenters. The van der Waals surface area contributed by atoms with Crippen molar-refractivity contribution >= 4 is 21.8 Å². The molecular formula is C14H17BrN2O. The highest BCUT2D eigenvalue weighted by Gasteiger charge is 2.18. The first kappa shape index (κ1) is 14.7. The molecule has 0 fully saturated rings. The molecule has 1 rings (SSSR count). The van der Waals surface area contributed by atoms with Crippen molar-refractivity contribution in [2.24, 2.45) is 0 Å². The number of nitrogens with zero attached hydrogens (tertiary/aromatic N) is 2. The maximum absolute atomic E-state index is 12.0. The summed E-state index contributed by atoms with van der Waals surface area (Å²) < 4.78 is 0.926. The van der Waals surface area contributed by atoms with Crippen molar-refractivity contribution in [3.05, 3.63) is 34.3 Å². The van der Waals surface area contributed by atoms with E-state index in [1.807, 2.05) is 38.1 Å². The van der Waals surface area contributed by atoms with Crippen LogP contribution in [0.25, 0.3) is 0 Å². The van der Waals surface area contributed by atoms with Crippen LogP contribution in [0.2, 0.25) is 0 Å². The van der Waals surface area contributed by atoms with Gasteiger partial charge in [-0.3, -0.25) is 4.79 Å².